The molecule has 0 aromatic heterocycles. The lowest BCUT2D eigenvalue weighted by Crippen LogP contribution is -2.20. The van der Waals surface area contributed by atoms with Gasteiger partial charge in [0.1, 0.15) is 0 Å². The molecular weight excluding hydrogens is 268 g/mol. The van der Waals surface area contributed by atoms with E-state index in [2.05, 4.69) is 5.32 Å². The van der Waals surface area contributed by atoms with Gasteiger partial charge in [0.15, 0.2) is 0 Å². The van der Waals surface area contributed by atoms with Crippen molar-refractivity contribution < 1.29 is 14.7 Å². The first-order valence-corrected chi connectivity index (χ1v) is 6.53. The van der Waals surface area contributed by atoms with Crippen LogP contribution in [0.5, 0.6) is 0 Å². The van der Waals surface area contributed by atoms with E-state index in [-0.39, 0.29) is 6.42 Å². The number of carbonyl (C=O) groups is 2. The number of hydrogen-bond acceptors (Lipinski definition) is 2. The number of nitrogens with two attached hydrogens (primary N) is 1. The summed E-state index contributed by atoms with van der Waals surface area (Å²) in [5.74, 6) is -0.886. The number of carboxylic acid groups (broad SMARTS) is 1. The lowest BCUT2D eigenvalue weighted by Gasteiger charge is -2.14. The molecule has 0 bridgehead atoms. The van der Waals surface area contributed by atoms with Crippen molar-refractivity contribution in [2.75, 3.05) is 5.32 Å². The molecule has 108 valence electrons. The van der Waals surface area contributed by atoms with E-state index in [1.807, 2.05) is 36.4 Å². The average Bonchev–Trinajstić information content (AvgIpc) is 2.46. The second-order valence-electron chi connectivity index (χ2n) is 4.58. The van der Waals surface area contributed by atoms with Gasteiger partial charge < -0.3 is 16.2 Å². The normalized spacial score (nSPS) is 10.1. The molecule has 21 heavy (non-hydrogen) atoms. The Balaban J connectivity index is 2.47. The van der Waals surface area contributed by atoms with Gasteiger partial charge >= 0.3 is 12.0 Å². The third-order valence-electron chi connectivity index (χ3n) is 3.11. The van der Waals surface area contributed by atoms with Crippen LogP contribution >= 0.6 is 0 Å². The van der Waals surface area contributed by atoms with Crippen LogP contribution in [0.3, 0.4) is 0 Å². The van der Waals surface area contributed by atoms with Gasteiger partial charge in [-0.05, 0) is 29.2 Å². The summed E-state index contributed by atoms with van der Waals surface area (Å²) in [5, 5.41) is 11.5. The van der Waals surface area contributed by atoms with Crippen LogP contribution in [0.25, 0.3) is 11.1 Å². The van der Waals surface area contributed by atoms with Crippen molar-refractivity contribution in [3.63, 3.8) is 0 Å². The third-order valence-corrected chi connectivity index (χ3v) is 3.11. The number of nitrogens with one attached hydrogen (secondary N) is 1. The SMILES string of the molecule is NC(=O)Nc1cccc(-c2ccccc2)c1CCC(=O)O. The molecule has 5 nitrogen and oxygen atoms in total. The van der Waals surface area contributed by atoms with Crippen molar-refractivity contribution in [1.82, 2.24) is 0 Å². The fourth-order valence-electron chi connectivity index (χ4n) is 2.23. The van der Waals surface area contributed by atoms with E-state index in [9.17, 15) is 9.59 Å². The lowest BCUT2D eigenvalue weighted by molar-refractivity contribution is -0.136. The summed E-state index contributed by atoms with van der Waals surface area (Å²) in [7, 11) is 0. The summed E-state index contributed by atoms with van der Waals surface area (Å²) in [6.45, 7) is 0. The maximum absolute atomic E-state index is 11.1. The second kappa shape index (κ2) is 6.56. The average molecular weight is 284 g/mol. The van der Waals surface area contributed by atoms with Gasteiger partial charge in [-0.2, -0.15) is 0 Å². The number of anilines is 1. The van der Waals surface area contributed by atoms with Crippen molar-refractivity contribution >= 4 is 17.7 Å². The summed E-state index contributed by atoms with van der Waals surface area (Å²) in [6.07, 6.45) is 0.299. The number of carboxylic acids is 1. The second-order valence-corrected chi connectivity index (χ2v) is 4.58. The number of primary amides is 1. The lowest BCUT2D eigenvalue weighted by atomic mass is 9.95. The smallest absolute Gasteiger partial charge is 0.316 e. The van der Waals surface area contributed by atoms with Gasteiger partial charge in [-0.3, -0.25) is 4.79 Å². The molecule has 4 N–H and O–H groups in total. The Morgan fingerprint density at radius 2 is 1.76 bits per heavy atom. The summed E-state index contributed by atoms with van der Waals surface area (Å²) in [6, 6.07) is 14.4. The van der Waals surface area contributed by atoms with Crippen LogP contribution in [0.15, 0.2) is 48.5 Å². The molecule has 0 radical (unpaired) electrons. The fourth-order valence-corrected chi connectivity index (χ4v) is 2.23. The number of carbonyl (C=O) groups excluding carboxylic acids is 1. The van der Waals surface area contributed by atoms with Gasteiger partial charge in [0.05, 0.1) is 0 Å². The van der Waals surface area contributed by atoms with Crippen LogP contribution in [-0.4, -0.2) is 17.1 Å². The largest absolute Gasteiger partial charge is 0.481 e. The van der Waals surface area contributed by atoms with E-state index in [1.165, 1.54) is 0 Å². The molecule has 0 aliphatic heterocycles. The number of rotatable bonds is 5. The number of hydrogen-bond donors (Lipinski definition) is 3. The zero-order valence-corrected chi connectivity index (χ0v) is 11.4. The van der Waals surface area contributed by atoms with Crippen LogP contribution in [0.1, 0.15) is 12.0 Å². The van der Waals surface area contributed by atoms with E-state index in [4.69, 9.17) is 10.8 Å². The Kier molecular flexibility index (Phi) is 4.56. The Hall–Kier alpha value is -2.82. The van der Waals surface area contributed by atoms with E-state index in [1.54, 1.807) is 12.1 Å². The molecule has 0 fully saturated rings. The van der Waals surface area contributed by atoms with Crippen molar-refractivity contribution in [3.8, 4) is 11.1 Å². The summed E-state index contributed by atoms with van der Waals surface area (Å²) in [5.41, 5.74) is 8.34. The molecule has 0 spiro atoms. The molecule has 0 atom stereocenters. The minimum absolute atomic E-state index is 0.0166. The maximum Gasteiger partial charge on any atom is 0.316 e. The number of urea groups is 1. The van der Waals surface area contributed by atoms with Gasteiger partial charge in [0.25, 0.3) is 0 Å². The van der Waals surface area contributed by atoms with Crippen molar-refractivity contribution in [1.29, 1.82) is 0 Å². The van der Waals surface area contributed by atoms with Crippen LogP contribution in [0.4, 0.5) is 10.5 Å². The van der Waals surface area contributed by atoms with Crippen molar-refractivity contribution in [2.24, 2.45) is 5.73 Å². The molecule has 0 aliphatic carbocycles. The molecule has 2 amide bonds. The van der Waals surface area contributed by atoms with Gasteiger partial charge in [-0.25, -0.2) is 4.79 Å². The Morgan fingerprint density at radius 3 is 2.38 bits per heavy atom. The van der Waals surface area contributed by atoms with Crippen LogP contribution in [-0.2, 0) is 11.2 Å². The van der Waals surface area contributed by atoms with Crippen LogP contribution < -0.4 is 11.1 Å². The van der Waals surface area contributed by atoms with Gasteiger partial charge in [-0.15, -0.1) is 0 Å². The fraction of sp³-hybridized carbons (Fsp3) is 0.125. The molecule has 5 heteroatoms. The number of amides is 2. The molecule has 2 aromatic carbocycles. The van der Waals surface area contributed by atoms with Crippen molar-refractivity contribution in [3.05, 3.63) is 54.1 Å². The predicted molar refractivity (Wildman–Crippen MR) is 81.0 cm³/mol. The maximum atomic E-state index is 11.1. The highest BCUT2D eigenvalue weighted by Crippen LogP contribution is 2.30. The minimum atomic E-state index is -0.886. The summed E-state index contributed by atoms with van der Waals surface area (Å²) >= 11 is 0. The zero-order valence-electron chi connectivity index (χ0n) is 11.4. The predicted octanol–water partition coefficient (Wildman–Crippen LogP) is 2.86. The van der Waals surface area contributed by atoms with Crippen LogP contribution in [0.2, 0.25) is 0 Å². The van der Waals surface area contributed by atoms with E-state index < -0.39 is 12.0 Å². The first kappa shape index (κ1) is 14.6. The number of benzene rings is 2. The summed E-state index contributed by atoms with van der Waals surface area (Å²) < 4.78 is 0. The third kappa shape index (κ3) is 3.82. The molecule has 2 aromatic rings. The number of aliphatic carboxylic acids is 1. The Bertz CT molecular complexity index is 654. The standard InChI is InChI=1S/C16H16N2O3/c17-16(21)18-14-8-4-7-12(11-5-2-1-3-6-11)13(14)9-10-15(19)20/h1-8H,9-10H2,(H,19,20)(H3,17,18,21). The van der Waals surface area contributed by atoms with E-state index in [0.29, 0.717) is 12.1 Å². The monoisotopic (exact) mass is 284 g/mol. The van der Waals surface area contributed by atoms with Crippen LogP contribution in [0, 0.1) is 0 Å². The van der Waals surface area contributed by atoms with E-state index in [0.717, 1.165) is 16.7 Å². The quantitative estimate of drug-likeness (QED) is 0.788. The highest BCUT2D eigenvalue weighted by molar-refractivity contribution is 5.90. The molecule has 0 heterocycles. The van der Waals surface area contributed by atoms with E-state index >= 15 is 0 Å². The molecule has 0 saturated heterocycles. The molecule has 0 unspecified atom stereocenters. The Morgan fingerprint density at radius 1 is 1.05 bits per heavy atom. The molecule has 0 saturated carbocycles. The highest BCUT2D eigenvalue weighted by atomic mass is 16.4. The molecule has 2 rings (SSSR count). The zero-order chi connectivity index (χ0) is 15.2. The first-order chi connectivity index (χ1) is 10.1. The summed E-state index contributed by atoms with van der Waals surface area (Å²) in [4.78, 5) is 21.9. The van der Waals surface area contributed by atoms with Gasteiger partial charge in [-0.1, -0.05) is 42.5 Å². The molecule has 0 aliphatic rings. The van der Waals surface area contributed by atoms with Gasteiger partial charge in [0.2, 0.25) is 0 Å². The molecular formula is C16H16N2O3. The Labute approximate surface area is 122 Å². The highest BCUT2D eigenvalue weighted by Gasteiger charge is 2.12. The minimum Gasteiger partial charge on any atom is -0.481 e. The van der Waals surface area contributed by atoms with Gasteiger partial charge in [0, 0.05) is 12.1 Å². The first-order valence-electron chi connectivity index (χ1n) is 6.53. The topological polar surface area (TPSA) is 92.4 Å². The van der Waals surface area contributed by atoms with Crippen molar-refractivity contribution in [2.45, 2.75) is 12.8 Å².